The summed E-state index contributed by atoms with van der Waals surface area (Å²) in [6.07, 6.45) is 5.68. The van der Waals surface area contributed by atoms with Crippen LogP contribution in [0.2, 0.25) is 0 Å². The van der Waals surface area contributed by atoms with Gasteiger partial charge in [0.25, 0.3) is 5.91 Å². The lowest BCUT2D eigenvalue weighted by molar-refractivity contribution is 0.0919. The van der Waals surface area contributed by atoms with E-state index >= 15 is 0 Å². The van der Waals surface area contributed by atoms with Crippen LogP contribution in [-0.4, -0.2) is 35.1 Å². The van der Waals surface area contributed by atoms with E-state index in [-0.39, 0.29) is 17.9 Å². The molecule has 3 rings (SSSR count). The van der Waals surface area contributed by atoms with Crippen molar-refractivity contribution in [1.82, 2.24) is 15.3 Å². The highest BCUT2D eigenvalue weighted by molar-refractivity contribution is 5.93. The summed E-state index contributed by atoms with van der Waals surface area (Å²) in [7, 11) is 0. The minimum atomic E-state index is -0.212. The Kier molecular flexibility index (Phi) is 3.96. The molecular weight excluding hydrogens is 270 g/mol. The highest BCUT2D eigenvalue weighted by Crippen LogP contribution is 2.19. The van der Waals surface area contributed by atoms with Crippen LogP contribution in [0.4, 0.5) is 0 Å². The van der Waals surface area contributed by atoms with Gasteiger partial charge in [0.15, 0.2) is 12.1 Å². The number of nitrogens with one attached hydrogen (secondary N) is 1. The maximum atomic E-state index is 12.2. The summed E-state index contributed by atoms with van der Waals surface area (Å²) in [4.78, 5) is 20.1. The van der Waals surface area contributed by atoms with Crippen LogP contribution in [0.3, 0.4) is 0 Å². The zero-order valence-corrected chi connectivity index (χ0v) is 11.8. The van der Waals surface area contributed by atoms with Crippen LogP contribution < -0.4 is 5.32 Å². The number of carbonyl (C=O) groups excluding carboxylic acids is 1. The van der Waals surface area contributed by atoms with Crippen molar-refractivity contribution < 1.29 is 13.9 Å². The number of oxazole rings is 1. The van der Waals surface area contributed by atoms with Gasteiger partial charge in [0.2, 0.25) is 0 Å². The molecule has 1 N–H and O–H groups in total. The maximum absolute atomic E-state index is 12.2. The van der Waals surface area contributed by atoms with E-state index in [1.165, 1.54) is 12.0 Å². The first-order chi connectivity index (χ1) is 10.2. The number of nitrogens with zero attached hydrogens (tertiary/aromatic N) is 2. The molecular formula is C15H17N3O3. The summed E-state index contributed by atoms with van der Waals surface area (Å²) in [5, 5.41) is 2.99. The van der Waals surface area contributed by atoms with E-state index in [4.69, 9.17) is 9.15 Å². The Labute approximate surface area is 122 Å². The summed E-state index contributed by atoms with van der Waals surface area (Å²) >= 11 is 0. The van der Waals surface area contributed by atoms with Crippen LogP contribution >= 0.6 is 0 Å². The van der Waals surface area contributed by atoms with Crippen molar-refractivity contribution >= 4 is 5.91 Å². The van der Waals surface area contributed by atoms with E-state index in [2.05, 4.69) is 15.3 Å². The summed E-state index contributed by atoms with van der Waals surface area (Å²) in [5.74, 6) is 0.567. The molecule has 110 valence electrons. The highest BCUT2D eigenvalue weighted by Gasteiger charge is 2.30. The van der Waals surface area contributed by atoms with Crippen LogP contribution in [0.15, 0.2) is 35.3 Å². The first-order valence-electron chi connectivity index (χ1n) is 6.91. The third-order valence-electron chi connectivity index (χ3n) is 3.72. The van der Waals surface area contributed by atoms with Crippen molar-refractivity contribution in [3.05, 3.63) is 47.9 Å². The second-order valence-electron chi connectivity index (χ2n) is 5.19. The van der Waals surface area contributed by atoms with E-state index in [1.807, 2.05) is 12.1 Å². The van der Waals surface area contributed by atoms with E-state index in [9.17, 15) is 4.79 Å². The lowest BCUT2D eigenvalue weighted by atomic mass is 9.95. The Morgan fingerprint density at radius 3 is 2.90 bits per heavy atom. The fraction of sp³-hybridized carbons (Fsp3) is 0.400. The van der Waals surface area contributed by atoms with Gasteiger partial charge in [-0.3, -0.25) is 9.78 Å². The first kappa shape index (κ1) is 13.8. The van der Waals surface area contributed by atoms with Gasteiger partial charge >= 0.3 is 0 Å². The highest BCUT2D eigenvalue weighted by atomic mass is 16.5. The number of amides is 1. The van der Waals surface area contributed by atoms with Crippen LogP contribution in [0, 0.1) is 12.8 Å². The average Bonchev–Trinajstić information content (AvgIpc) is 3.10. The fourth-order valence-corrected chi connectivity index (χ4v) is 2.54. The van der Waals surface area contributed by atoms with Gasteiger partial charge in [-0.15, -0.1) is 0 Å². The number of ether oxygens (including phenoxy) is 1. The Bertz CT molecular complexity index is 612. The number of hydrogen-bond donors (Lipinski definition) is 1. The molecule has 1 saturated heterocycles. The molecule has 6 nitrogen and oxygen atoms in total. The van der Waals surface area contributed by atoms with E-state index in [0.29, 0.717) is 24.7 Å². The normalized spacial score (nSPS) is 21.4. The van der Waals surface area contributed by atoms with Crippen LogP contribution in [0.25, 0.3) is 0 Å². The molecule has 0 aromatic carbocycles. The molecule has 1 aliphatic heterocycles. The number of hydrogen-bond acceptors (Lipinski definition) is 5. The van der Waals surface area contributed by atoms with Gasteiger partial charge < -0.3 is 14.5 Å². The topological polar surface area (TPSA) is 77.2 Å². The van der Waals surface area contributed by atoms with Gasteiger partial charge in [-0.2, -0.15) is 0 Å². The number of pyridine rings is 1. The average molecular weight is 287 g/mol. The van der Waals surface area contributed by atoms with Gasteiger partial charge in [-0.05, 0) is 31.0 Å². The minimum absolute atomic E-state index is 0.0123. The number of aromatic nitrogens is 2. The third kappa shape index (κ3) is 3.11. The maximum Gasteiger partial charge on any atom is 0.273 e. The molecule has 0 spiro atoms. The Morgan fingerprint density at radius 2 is 2.19 bits per heavy atom. The van der Waals surface area contributed by atoms with Crippen LogP contribution in [0.5, 0.6) is 0 Å². The van der Waals surface area contributed by atoms with Crippen molar-refractivity contribution in [2.45, 2.75) is 19.4 Å². The van der Waals surface area contributed by atoms with Gasteiger partial charge in [0.05, 0.1) is 19.3 Å². The molecule has 1 amide bonds. The van der Waals surface area contributed by atoms with Crippen molar-refractivity contribution in [2.75, 3.05) is 13.2 Å². The van der Waals surface area contributed by atoms with E-state index in [0.717, 1.165) is 6.42 Å². The van der Waals surface area contributed by atoms with E-state index in [1.54, 1.807) is 19.3 Å². The first-order valence-corrected chi connectivity index (χ1v) is 6.91. The summed E-state index contributed by atoms with van der Waals surface area (Å²) in [6.45, 7) is 2.89. The number of carbonyl (C=O) groups is 1. The van der Waals surface area contributed by atoms with Crippen LogP contribution in [-0.2, 0) is 11.2 Å². The van der Waals surface area contributed by atoms with Crippen molar-refractivity contribution in [3.8, 4) is 0 Å². The summed E-state index contributed by atoms with van der Waals surface area (Å²) in [5.41, 5.74) is 1.53. The lowest BCUT2D eigenvalue weighted by Gasteiger charge is -2.18. The molecule has 2 atom stereocenters. The van der Waals surface area contributed by atoms with Crippen molar-refractivity contribution in [2.24, 2.45) is 5.92 Å². The molecule has 0 bridgehead atoms. The molecule has 3 heterocycles. The molecule has 1 fully saturated rings. The summed E-state index contributed by atoms with van der Waals surface area (Å²) in [6, 6.07) is 3.96. The van der Waals surface area contributed by atoms with Gasteiger partial charge in [0, 0.05) is 18.3 Å². The zero-order chi connectivity index (χ0) is 14.7. The second kappa shape index (κ2) is 6.05. The van der Waals surface area contributed by atoms with Gasteiger partial charge in [0.1, 0.15) is 5.76 Å². The standard InChI is InChI=1S/C15H17N3O3/c1-10-14(17-9-21-10)15(19)18-13-8-20-7-12(13)6-11-2-4-16-5-3-11/h2-5,9,12-13H,6-8H2,1H3,(H,18,19)/t12-,13-/m1/s1. The zero-order valence-electron chi connectivity index (χ0n) is 11.8. The van der Waals surface area contributed by atoms with Crippen LogP contribution in [0.1, 0.15) is 21.8 Å². The smallest absolute Gasteiger partial charge is 0.273 e. The Morgan fingerprint density at radius 1 is 1.38 bits per heavy atom. The number of aryl methyl sites for hydroxylation is 1. The SMILES string of the molecule is Cc1ocnc1C(=O)N[C@@H]1COC[C@H]1Cc1ccncc1. The lowest BCUT2D eigenvalue weighted by Crippen LogP contribution is -2.41. The molecule has 0 saturated carbocycles. The Balaban J connectivity index is 1.64. The third-order valence-corrected chi connectivity index (χ3v) is 3.72. The largest absolute Gasteiger partial charge is 0.448 e. The molecule has 2 aromatic heterocycles. The van der Waals surface area contributed by atoms with E-state index < -0.39 is 0 Å². The number of rotatable bonds is 4. The summed E-state index contributed by atoms with van der Waals surface area (Å²) < 4.78 is 10.6. The van der Waals surface area contributed by atoms with Gasteiger partial charge in [-0.25, -0.2) is 4.98 Å². The molecule has 0 unspecified atom stereocenters. The monoisotopic (exact) mass is 287 g/mol. The minimum Gasteiger partial charge on any atom is -0.448 e. The quantitative estimate of drug-likeness (QED) is 0.919. The molecule has 21 heavy (non-hydrogen) atoms. The van der Waals surface area contributed by atoms with Crippen molar-refractivity contribution in [1.29, 1.82) is 0 Å². The molecule has 0 aliphatic carbocycles. The predicted molar refractivity (Wildman–Crippen MR) is 74.7 cm³/mol. The second-order valence-corrected chi connectivity index (χ2v) is 5.19. The molecule has 1 aliphatic rings. The van der Waals surface area contributed by atoms with Crippen molar-refractivity contribution in [3.63, 3.8) is 0 Å². The molecule has 0 radical (unpaired) electrons. The molecule has 2 aromatic rings. The molecule has 6 heteroatoms. The predicted octanol–water partition coefficient (Wildman–Crippen LogP) is 1.37. The Hall–Kier alpha value is -2.21. The fourth-order valence-electron chi connectivity index (χ4n) is 2.54. The van der Waals surface area contributed by atoms with Gasteiger partial charge in [-0.1, -0.05) is 0 Å².